The van der Waals surface area contributed by atoms with E-state index in [1.807, 2.05) is 67.1 Å². The van der Waals surface area contributed by atoms with Gasteiger partial charge in [-0.05, 0) is 61.9 Å². The average Bonchev–Trinajstić information content (AvgIpc) is 3.35. The highest BCUT2D eigenvalue weighted by Crippen LogP contribution is 2.24. The number of carbonyl (C=O) groups excluding carboxylic acids is 1. The summed E-state index contributed by atoms with van der Waals surface area (Å²) >= 11 is 6.08. The number of aromatic nitrogens is 4. The van der Waals surface area contributed by atoms with E-state index in [1.54, 1.807) is 13.2 Å². The molecule has 2 aromatic carbocycles. The number of methoxy groups -OCH3 is 1. The molecule has 2 heterocycles. The van der Waals surface area contributed by atoms with E-state index in [-0.39, 0.29) is 5.91 Å². The van der Waals surface area contributed by atoms with Crippen molar-refractivity contribution < 1.29 is 9.53 Å². The zero-order valence-electron chi connectivity index (χ0n) is 17.4. The fourth-order valence-electron chi connectivity index (χ4n) is 3.37. The highest BCUT2D eigenvalue weighted by Gasteiger charge is 2.17. The molecule has 2 N–H and O–H groups in total. The second-order valence-corrected chi connectivity index (χ2v) is 7.62. The standard InChI is InChI=1S/C23H22ClN5O2/c1-14-22(15(2)29(28-14)13-16-5-4-6-18(24)11-16)25-23(30)21-12-20(26-27-21)17-7-9-19(31-3)10-8-17/h4-12H,13H2,1-3H3,(H,25,30)(H,26,27). The zero-order valence-corrected chi connectivity index (χ0v) is 18.2. The number of rotatable bonds is 6. The molecule has 2 aromatic heterocycles. The molecule has 31 heavy (non-hydrogen) atoms. The maximum Gasteiger partial charge on any atom is 0.273 e. The smallest absolute Gasteiger partial charge is 0.273 e. The topological polar surface area (TPSA) is 84.8 Å². The van der Waals surface area contributed by atoms with Gasteiger partial charge in [-0.3, -0.25) is 14.6 Å². The first-order valence-corrected chi connectivity index (χ1v) is 10.1. The van der Waals surface area contributed by atoms with E-state index in [9.17, 15) is 4.79 Å². The zero-order chi connectivity index (χ0) is 22.0. The Balaban J connectivity index is 1.51. The van der Waals surface area contributed by atoms with Crippen molar-refractivity contribution in [3.63, 3.8) is 0 Å². The van der Waals surface area contributed by atoms with Gasteiger partial charge in [-0.25, -0.2) is 0 Å². The maximum absolute atomic E-state index is 12.8. The molecule has 0 fully saturated rings. The van der Waals surface area contributed by atoms with Gasteiger partial charge >= 0.3 is 0 Å². The highest BCUT2D eigenvalue weighted by atomic mass is 35.5. The molecular weight excluding hydrogens is 414 g/mol. The van der Waals surface area contributed by atoms with Gasteiger partial charge in [-0.2, -0.15) is 10.2 Å². The van der Waals surface area contributed by atoms with Gasteiger partial charge < -0.3 is 10.1 Å². The lowest BCUT2D eigenvalue weighted by molar-refractivity contribution is 0.102. The lowest BCUT2D eigenvalue weighted by Crippen LogP contribution is -2.14. The van der Waals surface area contributed by atoms with Gasteiger partial charge in [0.05, 0.1) is 36.4 Å². The van der Waals surface area contributed by atoms with Crippen molar-refractivity contribution in [2.24, 2.45) is 0 Å². The molecule has 0 aliphatic rings. The highest BCUT2D eigenvalue weighted by molar-refractivity contribution is 6.30. The van der Waals surface area contributed by atoms with E-state index in [0.29, 0.717) is 28.6 Å². The van der Waals surface area contributed by atoms with Crippen LogP contribution >= 0.6 is 11.6 Å². The number of carbonyl (C=O) groups is 1. The summed E-state index contributed by atoms with van der Waals surface area (Å²) < 4.78 is 7.03. The molecule has 7 nitrogen and oxygen atoms in total. The summed E-state index contributed by atoms with van der Waals surface area (Å²) in [6, 6.07) is 16.9. The fraction of sp³-hybridized carbons (Fsp3) is 0.174. The lowest BCUT2D eigenvalue weighted by Gasteiger charge is -2.07. The molecule has 0 radical (unpaired) electrons. The molecule has 158 valence electrons. The van der Waals surface area contributed by atoms with Crippen LogP contribution in [0.25, 0.3) is 11.3 Å². The summed E-state index contributed by atoms with van der Waals surface area (Å²) in [5.74, 6) is 0.485. The predicted molar refractivity (Wildman–Crippen MR) is 121 cm³/mol. The molecule has 8 heteroatoms. The van der Waals surface area contributed by atoms with Gasteiger partial charge in [0.25, 0.3) is 5.91 Å². The number of amides is 1. The van der Waals surface area contributed by atoms with E-state index < -0.39 is 0 Å². The first-order valence-electron chi connectivity index (χ1n) is 9.74. The van der Waals surface area contributed by atoms with Crippen molar-refractivity contribution in [2.45, 2.75) is 20.4 Å². The number of anilines is 1. The Hall–Kier alpha value is -3.58. The number of benzene rings is 2. The summed E-state index contributed by atoms with van der Waals surface area (Å²) in [5.41, 5.74) is 5.26. The molecule has 0 aliphatic heterocycles. The van der Waals surface area contributed by atoms with E-state index in [2.05, 4.69) is 20.6 Å². The first-order chi connectivity index (χ1) is 14.9. The minimum Gasteiger partial charge on any atom is -0.497 e. The quantitative estimate of drug-likeness (QED) is 0.453. The molecule has 0 bridgehead atoms. The van der Waals surface area contributed by atoms with Crippen molar-refractivity contribution in [3.8, 4) is 17.0 Å². The van der Waals surface area contributed by atoms with Gasteiger partial charge in [0.2, 0.25) is 0 Å². The van der Waals surface area contributed by atoms with Gasteiger partial charge in [-0.1, -0.05) is 23.7 Å². The Kier molecular flexibility index (Phi) is 5.77. The van der Waals surface area contributed by atoms with Crippen LogP contribution in [0.3, 0.4) is 0 Å². The third kappa shape index (κ3) is 4.46. The molecule has 1 amide bonds. The van der Waals surface area contributed by atoms with Crippen LogP contribution in [-0.2, 0) is 6.54 Å². The van der Waals surface area contributed by atoms with Crippen LogP contribution in [0.2, 0.25) is 5.02 Å². The van der Waals surface area contributed by atoms with Crippen LogP contribution in [-0.4, -0.2) is 33.0 Å². The third-order valence-electron chi connectivity index (χ3n) is 5.05. The Morgan fingerprint density at radius 3 is 2.65 bits per heavy atom. The largest absolute Gasteiger partial charge is 0.497 e. The summed E-state index contributed by atoms with van der Waals surface area (Å²) in [7, 11) is 1.62. The number of hydrogen-bond donors (Lipinski definition) is 2. The average molecular weight is 436 g/mol. The number of aryl methyl sites for hydroxylation is 1. The minimum absolute atomic E-state index is 0.277. The molecule has 0 unspecified atom stereocenters. The second-order valence-electron chi connectivity index (χ2n) is 7.18. The monoisotopic (exact) mass is 435 g/mol. The van der Waals surface area contributed by atoms with Gasteiger partial charge in [0, 0.05) is 10.6 Å². The number of nitrogens with zero attached hydrogens (tertiary/aromatic N) is 3. The first kappa shape index (κ1) is 20.7. The Morgan fingerprint density at radius 1 is 1.16 bits per heavy atom. The molecule has 0 saturated carbocycles. The van der Waals surface area contributed by atoms with Crippen LogP contribution in [0, 0.1) is 13.8 Å². The van der Waals surface area contributed by atoms with Gasteiger partial charge in [-0.15, -0.1) is 0 Å². The summed E-state index contributed by atoms with van der Waals surface area (Å²) in [6.45, 7) is 4.36. The van der Waals surface area contributed by atoms with Crippen molar-refractivity contribution in [2.75, 3.05) is 12.4 Å². The van der Waals surface area contributed by atoms with E-state index in [1.165, 1.54) is 0 Å². The third-order valence-corrected chi connectivity index (χ3v) is 5.28. The number of ether oxygens (including phenoxy) is 1. The second kappa shape index (κ2) is 8.65. The molecular formula is C23H22ClN5O2. The number of H-pyrrole nitrogens is 1. The number of hydrogen-bond acceptors (Lipinski definition) is 4. The van der Waals surface area contributed by atoms with Crippen molar-refractivity contribution in [1.82, 2.24) is 20.0 Å². The lowest BCUT2D eigenvalue weighted by atomic mass is 10.1. The molecule has 0 aliphatic carbocycles. The normalized spacial score (nSPS) is 10.8. The van der Waals surface area contributed by atoms with E-state index in [4.69, 9.17) is 16.3 Å². The Bertz CT molecular complexity index is 1230. The SMILES string of the molecule is COc1ccc(-c2cc(C(=O)Nc3c(C)nn(Cc4cccc(Cl)c4)c3C)[nH]n2)cc1. The number of nitrogens with one attached hydrogen (secondary N) is 2. The van der Waals surface area contributed by atoms with Crippen molar-refractivity contribution in [3.05, 3.63) is 82.3 Å². The fourth-order valence-corrected chi connectivity index (χ4v) is 3.58. The van der Waals surface area contributed by atoms with Gasteiger partial charge in [0.15, 0.2) is 0 Å². The molecule has 4 rings (SSSR count). The summed E-state index contributed by atoms with van der Waals surface area (Å²) in [6.07, 6.45) is 0. The van der Waals surface area contributed by atoms with Crippen LogP contribution in [0.5, 0.6) is 5.75 Å². The Morgan fingerprint density at radius 2 is 1.94 bits per heavy atom. The van der Waals surface area contributed by atoms with E-state index >= 15 is 0 Å². The summed E-state index contributed by atoms with van der Waals surface area (Å²) in [5, 5.41) is 15.3. The molecule has 4 aromatic rings. The summed E-state index contributed by atoms with van der Waals surface area (Å²) in [4.78, 5) is 12.8. The molecule has 0 atom stereocenters. The minimum atomic E-state index is -0.277. The van der Waals surface area contributed by atoms with Crippen LogP contribution < -0.4 is 10.1 Å². The predicted octanol–water partition coefficient (Wildman–Crippen LogP) is 4.85. The van der Waals surface area contributed by atoms with Crippen molar-refractivity contribution >= 4 is 23.2 Å². The molecule has 0 saturated heterocycles. The van der Waals surface area contributed by atoms with Crippen LogP contribution in [0.15, 0.2) is 54.6 Å². The van der Waals surface area contributed by atoms with Crippen LogP contribution in [0.4, 0.5) is 5.69 Å². The number of halogens is 1. The number of aromatic amines is 1. The van der Waals surface area contributed by atoms with E-state index in [0.717, 1.165) is 28.3 Å². The van der Waals surface area contributed by atoms with Gasteiger partial charge in [0.1, 0.15) is 11.4 Å². The van der Waals surface area contributed by atoms with Crippen LogP contribution in [0.1, 0.15) is 27.4 Å². The maximum atomic E-state index is 12.8. The Labute approximate surface area is 185 Å². The molecule has 0 spiro atoms. The van der Waals surface area contributed by atoms with Crippen molar-refractivity contribution in [1.29, 1.82) is 0 Å².